The number of aromatic amines is 1. The van der Waals surface area contributed by atoms with Gasteiger partial charge in [0.2, 0.25) is 5.91 Å². The van der Waals surface area contributed by atoms with E-state index in [1.54, 1.807) is 0 Å². The predicted molar refractivity (Wildman–Crippen MR) is 94.1 cm³/mol. The number of hydrogen-bond donors (Lipinski definition) is 2. The molecule has 0 bridgehead atoms. The Morgan fingerprint density at radius 3 is 2.57 bits per heavy atom. The Morgan fingerprint density at radius 1 is 1.04 bits per heavy atom. The topological polar surface area (TPSA) is 44.9 Å². The number of aromatic nitrogens is 1. The lowest BCUT2D eigenvalue weighted by molar-refractivity contribution is -0.119. The van der Waals surface area contributed by atoms with Gasteiger partial charge in [0.05, 0.1) is 5.92 Å². The molecule has 0 fully saturated rings. The van der Waals surface area contributed by atoms with Crippen LogP contribution in [0.15, 0.2) is 60.7 Å². The monoisotopic (exact) mass is 305 g/mol. The van der Waals surface area contributed by atoms with E-state index in [2.05, 4.69) is 34.6 Å². The fourth-order valence-corrected chi connectivity index (χ4v) is 2.71. The third kappa shape index (κ3) is 4.01. The van der Waals surface area contributed by atoms with Gasteiger partial charge in [0.15, 0.2) is 0 Å². The first-order chi connectivity index (χ1) is 11.2. The number of amides is 1. The van der Waals surface area contributed by atoms with Crippen molar-refractivity contribution >= 4 is 16.8 Å². The van der Waals surface area contributed by atoms with E-state index in [9.17, 15) is 4.79 Å². The van der Waals surface area contributed by atoms with E-state index in [1.165, 1.54) is 10.9 Å². The molecule has 3 nitrogen and oxygen atoms in total. The first kappa shape index (κ1) is 15.3. The SMILES string of the molecule is C[C](Cc1cc2ccccc2[nH]1)C(=O)NCCc1ccccc1. The minimum Gasteiger partial charge on any atom is -0.358 e. The zero-order valence-corrected chi connectivity index (χ0v) is 13.3. The van der Waals surface area contributed by atoms with Crippen molar-refractivity contribution in [2.24, 2.45) is 0 Å². The fourth-order valence-electron chi connectivity index (χ4n) is 2.71. The van der Waals surface area contributed by atoms with Crippen molar-refractivity contribution in [2.75, 3.05) is 6.54 Å². The highest BCUT2D eigenvalue weighted by Gasteiger charge is 2.15. The maximum atomic E-state index is 12.2. The maximum absolute atomic E-state index is 12.2. The van der Waals surface area contributed by atoms with Crippen LogP contribution in [0.1, 0.15) is 18.2 Å². The quantitative estimate of drug-likeness (QED) is 0.717. The summed E-state index contributed by atoms with van der Waals surface area (Å²) in [5, 5.41) is 4.18. The van der Waals surface area contributed by atoms with Crippen molar-refractivity contribution in [2.45, 2.75) is 19.8 Å². The molecule has 0 aliphatic heterocycles. The van der Waals surface area contributed by atoms with Crippen LogP contribution < -0.4 is 5.32 Å². The minimum absolute atomic E-state index is 0.0274. The number of para-hydroxylation sites is 1. The predicted octanol–water partition coefficient (Wildman–Crippen LogP) is 3.66. The molecular formula is C20H21N2O. The van der Waals surface area contributed by atoms with Gasteiger partial charge in [-0.25, -0.2) is 0 Å². The number of nitrogens with one attached hydrogen (secondary N) is 2. The second kappa shape index (κ2) is 7.14. The first-order valence-electron chi connectivity index (χ1n) is 7.93. The van der Waals surface area contributed by atoms with Crippen LogP contribution in [-0.4, -0.2) is 17.4 Å². The van der Waals surface area contributed by atoms with Gasteiger partial charge in [0.1, 0.15) is 0 Å². The van der Waals surface area contributed by atoms with Crippen molar-refractivity contribution < 1.29 is 4.79 Å². The second-order valence-electron chi connectivity index (χ2n) is 5.83. The first-order valence-corrected chi connectivity index (χ1v) is 7.93. The van der Waals surface area contributed by atoms with E-state index in [4.69, 9.17) is 0 Å². The number of fused-ring (bicyclic) bond motifs is 1. The molecule has 117 valence electrons. The van der Waals surface area contributed by atoms with Gasteiger partial charge in [-0.3, -0.25) is 4.79 Å². The highest BCUT2D eigenvalue weighted by molar-refractivity contribution is 5.90. The van der Waals surface area contributed by atoms with E-state index in [-0.39, 0.29) is 5.91 Å². The molecule has 1 amide bonds. The van der Waals surface area contributed by atoms with Crippen LogP contribution >= 0.6 is 0 Å². The fraction of sp³-hybridized carbons (Fsp3) is 0.200. The Balaban J connectivity index is 1.51. The summed E-state index contributed by atoms with van der Waals surface area (Å²) in [5.74, 6) is 0.851. The molecule has 3 aromatic rings. The molecule has 0 saturated carbocycles. The van der Waals surface area contributed by atoms with Gasteiger partial charge in [-0.2, -0.15) is 0 Å². The van der Waals surface area contributed by atoms with Gasteiger partial charge in [0.25, 0.3) is 0 Å². The summed E-state index contributed by atoms with van der Waals surface area (Å²) in [6.45, 7) is 2.55. The molecule has 0 aliphatic carbocycles. The highest BCUT2D eigenvalue weighted by Crippen LogP contribution is 2.17. The lowest BCUT2D eigenvalue weighted by Crippen LogP contribution is -2.30. The molecule has 1 aromatic heterocycles. The largest absolute Gasteiger partial charge is 0.358 e. The van der Waals surface area contributed by atoms with Crippen LogP contribution in [0.3, 0.4) is 0 Å². The molecule has 0 aliphatic rings. The molecule has 3 heteroatoms. The van der Waals surface area contributed by atoms with E-state index in [1.807, 2.05) is 43.3 Å². The Labute approximate surface area is 136 Å². The lowest BCUT2D eigenvalue weighted by Gasteiger charge is -2.10. The van der Waals surface area contributed by atoms with Crippen LogP contribution in [0.5, 0.6) is 0 Å². The summed E-state index contributed by atoms with van der Waals surface area (Å²) in [5.41, 5.74) is 3.42. The Kier molecular flexibility index (Phi) is 4.77. The third-order valence-corrected chi connectivity index (χ3v) is 3.97. The van der Waals surface area contributed by atoms with Crippen molar-refractivity contribution in [1.29, 1.82) is 0 Å². The summed E-state index contributed by atoms with van der Waals surface area (Å²) in [6, 6.07) is 20.5. The molecular weight excluding hydrogens is 284 g/mol. The number of benzene rings is 2. The zero-order chi connectivity index (χ0) is 16.1. The van der Waals surface area contributed by atoms with Crippen LogP contribution in [0, 0.1) is 5.92 Å². The maximum Gasteiger partial charge on any atom is 0.227 e. The van der Waals surface area contributed by atoms with Crippen LogP contribution in [0.4, 0.5) is 0 Å². The van der Waals surface area contributed by atoms with E-state index in [0.29, 0.717) is 13.0 Å². The van der Waals surface area contributed by atoms with Gasteiger partial charge >= 0.3 is 0 Å². The summed E-state index contributed by atoms with van der Waals surface area (Å²) < 4.78 is 0. The molecule has 0 unspecified atom stereocenters. The summed E-state index contributed by atoms with van der Waals surface area (Å²) in [7, 11) is 0. The Morgan fingerprint density at radius 2 is 1.78 bits per heavy atom. The summed E-state index contributed by atoms with van der Waals surface area (Å²) in [6.07, 6.45) is 1.50. The normalized spacial score (nSPS) is 11.0. The molecule has 2 N–H and O–H groups in total. The zero-order valence-electron chi connectivity index (χ0n) is 13.3. The van der Waals surface area contributed by atoms with E-state index in [0.717, 1.165) is 23.5 Å². The molecule has 2 aromatic carbocycles. The number of hydrogen-bond acceptors (Lipinski definition) is 1. The average Bonchev–Trinajstić information content (AvgIpc) is 2.98. The van der Waals surface area contributed by atoms with Gasteiger partial charge < -0.3 is 10.3 Å². The summed E-state index contributed by atoms with van der Waals surface area (Å²) in [4.78, 5) is 15.6. The molecule has 0 saturated heterocycles. The minimum atomic E-state index is 0.0274. The van der Waals surface area contributed by atoms with Gasteiger partial charge in [-0.15, -0.1) is 0 Å². The van der Waals surface area contributed by atoms with E-state index >= 15 is 0 Å². The van der Waals surface area contributed by atoms with Crippen LogP contribution in [0.2, 0.25) is 0 Å². The molecule has 0 atom stereocenters. The van der Waals surface area contributed by atoms with Gasteiger partial charge in [-0.05, 0) is 36.4 Å². The molecule has 1 heterocycles. The standard InChI is InChI=1S/C20H21N2O/c1-15(13-18-14-17-9-5-6-10-19(17)22-18)20(23)21-12-11-16-7-3-2-4-8-16/h2-10,14,22H,11-13H2,1H3,(H,21,23). The number of carbonyl (C=O) groups is 1. The third-order valence-electron chi connectivity index (χ3n) is 3.97. The lowest BCUT2D eigenvalue weighted by atomic mass is 10.0. The Bertz CT molecular complexity index is 743. The van der Waals surface area contributed by atoms with Crippen LogP contribution in [-0.2, 0) is 17.6 Å². The van der Waals surface area contributed by atoms with Crippen molar-refractivity contribution in [3.8, 4) is 0 Å². The summed E-state index contributed by atoms with van der Waals surface area (Å²) >= 11 is 0. The second-order valence-corrected chi connectivity index (χ2v) is 5.83. The molecule has 23 heavy (non-hydrogen) atoms. The number of H-pyrrole nitrogens is 1. The Hall–Kier alpha value is -2.55. The van der Waals surface area contributed by atoms with E-state index < -0.39 is 0 Å². The van der Waals surface area contributed by atoms with Crippen LogP contribution in [0.25, 0.3) is 10.9 Å². The smallest absolute Gasteiger partial charge is 0.227 e. The van der Waals surface area contributed by atoms with Crippen molar-refractivity contribution in [3.63, 3.8) is 0 Å². The number of rotatable bonds is 6. The molecule has 3 rings (SSSR count). The molecule has 0 spiro atoms. The van der Waals surface area contributed by atoms with Crippen molar-refractivity contribution in [1.82, 2.24) is 10.3 Å². The highest BCUT2D eigenvalue weighted by atomic mass is 16.1. The average molecular weight is 305 g/mol. The molecule has 1 radical (unpaired) electrons. The number of carbonyl (C=O) groups excluding carboxylic acids is 1. The van der Waals surface area contributed by atoms with Crippen molar-refractivity contribution in [3.05, 3.63) is 77.8 Å². The van der Waals surface area contributed by atoms with Gasteiger partial charge in [0, 0.05) is 24.2 Å². The van der Waals surface area contributed by atoms with Gasteiger partial charge in [-0.1, -0.05) is 48.5 Å².